The Morgan fingerprint density at radius 2 is 2.00 bits per heavy atom. The molecular formula is C22H24N2OS2. The first kappa shape index (κ1) is 19.6. The molecule has 0 saturated carbocycles. The number of aryl methyl sites for hydroxylation is 1. The molecule has 3 nitrogen and oxygen atoms in total. The Hall–Kier alpha value is -2.11. The summed E-state index contributed by atoms with van der Waals surface area (Å²) in [7, 11) is 0. The number of rotatable bonds is 7. The van der Waals surface area contributed by atoms with E-state index in [4.69, 9.17) is 0 Å². The largest absolute Gasteiger partial charge is 0.326 e. The quantitative estimate of drug-likeness (QED) is 0.484. The summed E-state index contributed by atoms with van der Waals surface area (Å²) < 4.78 is 0. The Balaban J connectivity index is 1.62. The molecule has 0 aliphatic heterocycles. The lowest BCUT2D eigenvalue weighted by molar-refractivity contribution is -0.115. The molecule has 0 radical (unpaired) electrons. The smallest absolute Gasteiger partial charge is 0.230 e. The van der Waals surface area contributed by atoms with Crippen LogP contribution in [0.5, 0.6) is 0 Å². The van der Waals surface area contributed by atoms with Gasteiger partial charge in [0.2, 0.25) is 5.91 Å². The highest BCUT2D eigenvalue weighted by atomic mass is 32.2. The number of carbonyl (C=O) groups excluding carboxylic acids is 1. The van der Waals surface area contributed by atoms with Crippen molar-refractivity contribution in [1.29, 1.82) is 0 Å². The number of hydrogen-bond donors (Lipinski definition) is 1. The standard InChI is InChI=1S/C22H24N2OS2/c1-4-16(3)27-19-10-11-20(15(2)12-19)24-21(25)13-18-14-26-22(23-18)17-8-6-5-7-9-17/h5-12,14,16H,4,13H2,1-3H3,(H,24,25). The first-order valence-electron chi connectivity index (χ1n) is 9.12. The third kappa shape index (κ3) is 5.44. The van der Waals surface area contributed by atoms with Gasteiger partial charge in [0.1, 0.15) is 5.01 Å². The van der Waals surface area contributed by atoms with Crippen LogP contribution in [0, 0.1) is 6.92 Å². The van der Waals surface area contributed by atoms with E-state index in [2.05, 4.69) is 36.3 Å². The number of benzene rings is 2. The third-order valence-electron chi connectivity index (χ3n) is 4.30. The van der Waals surface area contributed by atoms with Crippen molar-refractivity contribution in [3.8, 4) is 10.6 Å². The lowest BCUT2D eigenvalue weighted by atomic mass is 10.2. The molecule has 1 unspecified atom stereocenters. The van der Waals surface area contributed by atoms with E-state index in [1.807, 2.05) is 60.5 Å². The van der Waals surface area contributed by atoms with E-state index < -0.39 is 0 Å². The monoisotopic (exact) mass is 396 g/mol. The van der Waals surface area contributed by atoms with Crippen LogP contribution in [0.1, 0.15) is 31.5 Å². The fourth-order valence-electron chi connectivity index (χ4n) is 2.63. The second-order valence-electron chi connectivity index (χ2n) is 6.55. The first-order valence-corrected chi connectivity index (χ1v) is 10.9. The van der Waals surface area contributed by atoms with Gasteiger partial charge in [-0.25, -0.2) is 4.98 Å². The predicted molar refractivity (Wildman–Crippen MR) is 117 cm³/mol. The molecule has 0 saturated heterocycles. The molecule has 1 N–H and O–H groups in total. The van der Waals surface area contributed by atoms with Gasteiger partial charge in [-0.3, -0.25) is 4.79 Å². The lowest BCUT2D eigenvalue weighted by Crippen LogP contribution is -2.15. The summed E-state index contributed by atoms with van der Waals surface area (Å²) in [5.74, 6) is -0.0367. The molecule has 27 heavy (non-hydrogen) atoms. The lowest BCUT2D eigenvalue weighted by Gasteiger charge is -2.12. The maximum absolute atomic E-state index is 12.4. The van der Waals surface area contributed by atoms with Crippen LogP contribution in [0.4, 0.5) is 5.69 Å². The fourth-order valence-corrected chi connectivity index (χ4v) is 4.47. The van der Waals surface area contributed by atoms with Gasteiger partial charge in [-0.15, -0.1) is 23.1 Å². The van der Waals surface area contributed by atoms with Crippen molar-refractivity contribution >= 4 is 34.7 Å². The van der Waals surface area contributed by atoms with Gasteiger partial charge in [-0.1, -0.05) is 44.2 Å². The highest BCUT2D eigenvalue weighted by Gasteiger charge is 2.11. The number of thiazole rings is 1. The molecular weight excluding hydrogens is 372 g/mol. The summed E-state index contributed by atoms with van der Waals surface area (Å²) in [6.07, 6.45) is 1.42. The third-order valence-corrected chi connectivity index (χ3v) is 6.50. The summed E-state index contributed by atoms with van der Waals surface area (Å²) in [5.41, 5.74) is 3.84. The minimum absolute atomic E-state index is 0.0367. The van der Waals surface area contributed by atoms with Crippen LogP contribution >= 0.6 is 23.1 Å². The number of nitrogens with one attached hydrogen (secondary N) is 1. The molecule has 140 valence electrons. The molecule has 3 rings (SSSR count). The fraction of sp³-hybridized carbons (Fsp3) is 0.273. The van der Waals surface area contributed by atoms with Gasteiger partial charge in [-0.05, 0) is 37.1 Å². The van der Waals surface area contributed by atoms with Crippen molar-refractivity contribution < 1.29 is 4.79 Å². The van der Waals surface area contributed by atoms with E-state index in [1.54, 1.807) is 11.3 Å². The number of hydrogen-bond acceptors (Lipinski definition) is 4. The van der Waals surface area contributed by atoms with E-state index in [0.29, 0.717) is 5.25 Å². The first-order chi connectivity index (χ1) is 13.0. The Morgan fingerprint density at radius 1 is 1.22 bits per heavy atom. The zero-order valence-corrected chi connectivity index (χ0v) is 17.5. The van der Waals surface area contributed by atoms with Crippen LogP contribution in [0.2, 0.25) is 0 Å². The van der Waals surface area contributed by atoms with E-state index in [-0.39, 0.29) is 12.3 Å². The van der Waals surface area contributed by atoms with Gasteiger partial charge in [0.25, 0.3) is 0 Å². The Labute approximate surface area is 169 Å². The van der Waals surface area contributed by atoms with E-state index in [1.165, 1.54) is 4.90 Å². The van der Waals surface area contributed by atoms with Crippen LogP contribution in [0.25, 0.3) is 10.6 Å². The van der Waals surface area contributed by atoms with Crippen molar-refractivity contribution in [2.75, 3.05) is 5.32 Å². The second kappa shape index (κ2) is 9.20. The summed E-state index contributed by atoms with van der Waals surface area (Å²) in [4.78, 5) is 18.3. The zero-order valence-electron chi connectivity index (χ0n) is 15.9. The molecule has 1 aromatic heterocycles. The Bertz CT molecular complexity index is 906. The van der Waals surface area contributed by atoms with E-state index >= 15 is 0 Å². The molecule has 0 fully saturated rings. The number of thioether (sulfide) groups is 1. The normalized spacial score (nSPS) is 12.0. The molecule has 2 aromatic carbocycles. The van der Waals surface area contributed by atoms with Crippen molar-refractivity contribution in [2.24, 2.45) is 0 Å². The Morgan fingerprint density at radius 3 is 2.70 bits per heavy atom. The van der Waals surface area contributed by atoms with E-state index in [9.17, 15) is 4.79 Å². The molecule has 1 atom stereocenters. The van der Waals surface area contributed by atoms with Crippen LogP contribution in [-0.2, 0) is 11.2 Å². The van der Waals surface area contributed by atoms with Crippen LogP contribution in [-0.4, -0.2) is 16.1 Å². The molecule has 1 amide bonds. The SMILES string of the molecule is CCC(C)Sc1ccc(NC(=O)Cc2csc(-c3ccccc3)n2)c(C)c1. The summed E-state index contributed by atoms with van der Waals surface area (Å²) in [6, 6.07) is 16.3. The number of aromatic nitrogens is 1. The van der Waals surface area contributed by atoms with Gasteiger partial charge in [0.05, 0.1) is 12.1 Å². The summed E-state index contributed by atoms with van der Waals surface area (Å²) in [6.45, 7) is 6.46. The predicted octanol–water partition coefficient (Wildman–Crippen LogP) is 6.19. The van der Waals surface area contributed by atoms with E-state index in [0.717, 1.165) is 33.9 Å². The van der Waals surface area contributed by atoms with Crippen molar-refractivity contribution in [1.82, 2.24) is 4.98 Å². The van der Waals surface area contributed by atoms with Crippen molar-refractivity contribution in [2.45, 2.75) is 43.8 Å². The molecule has 0 spiro atoms. The number of carbonyl (C=O) groups is 1. The van der Waals surface area contributed by atoms with Gasteiger partial charge in [0, 0.05) is 26.8 Å². The summed E-state index contributed by atoms with van der Waals surface area (Å²) >= 11 is 3.44. The minimum Gasteiger partial charge on any atom is -0.326 e. The molecule has 0 aliphatic rings. The van der Waals surface area contributed by atoms with Gasteiger partial charge in [0.15, 0.2) is 0 Å². The Kier molecular flexibility index (Phi) is 6.69. The van der Waals surface area contributed by atoms with Gasteiger partial charge < -0.3 is 5.32 Å². The highest BCUT2D eigenvalue weighted by Crippen LogP contribution is 2.29. The number of nitrogens with zero attached hydrogens (tertiary/aromatic N) is 1. The number of amides is 1. The van der Waals surface area contributed by atoms with Crippen molar-refractivity contribution in [3.63, 3.8) is 0 Å². The average molecular weight is 397 g/mol. The van der Waals surface area contributed by atoms with Gasteiger partial charge in [-0.2, -0.15) is 0 Å². The topological polar surface area (TPSA) is 42.0 Å². The summed E-state index contributed by atoms with van der Waals surface area (Å²) in [5, 5.41) is 6.51. The van der Waals surface area contributed by atoms with Crippen LogP contribution in [0.15, 0.2) is 58.8 Å². The molecule has 5 heteroatoms. The zero-order chi connectivity index (χ0) is 19.2. The molecule has 3 aromatic rings. The van der Waals surface area contributed by atoms with Crippen LogP contribution < -0.4 is 5.32 Å². The maximum atomic E-state index is 12.4. The van der Waals surface area contributed by atoms with Crippen molar-refractivity contribution in [3.05, 3.63) is 65.2 Å². The molecule has 0 aliphatic carbocycles. The van der Waals surface area contributed by atoms with Gasteiger partial charge >= 0.3 is 0 Å². The molecule has 1 heterocycles. The highest BCUT2D eigenvalue weighted by molar-refractivity contribution is 7.99. The molecule has 0 bridgehead atoms. The second-order valence-corrected chi connectivity index (χ2v) is 8.92. The number of anilines is 1. The van der Waals surface area contributed by atoms with Crippen LogP contribution in [0.3, 0.4) is 0 Å². The minimum atomic E-state index is -0.0367. The average Bonchev–Trinajstić information content (AvgIpc) is 3.13. The maximum Gasteiger partial charge on any atom is 0.230 e.